The highest BCUT2D eigenvalue weighted by Crippen LogP contribution is 2.48. The molecular weight excluding hydrogens is 536 g/mol. The van der Waals surface area contributed by atoms with E-state index < -0.39 is 34.5 Å². The monoisotopic (exact) mass is 578 g/mol. The van der Waals surface area contributed by atoms with Crippen LogP contribution in [0.3, 0.4) is 0 Å². The summed E-state index contributed by atoms with van der Waals surface area (Å²) in [6.45, 7) is 5.70. The minimum Gasteiger partial charge on any atom is -0.467 e. The van der Waals surface area contributed by atoms with Gasteiger partial charge in [0.15, 0.2) is 0 Å². The Morgan fingerprint density at radius 1 is 0.976 bits per heavy atom. The number of nitrogens with zero attached hydrogens (tertiary/aromatic N) is 1. The van der Waals surface area contributed by atoms with Crippen molar-refractivity contribution in [3.05, 3.63) is 72.3 Å². The lowest BCUT2D eigenvalue weighted by atomic mass is 9.93. The largest absolute Gasteiger partial charge is 0.467 e. The zero-order valence-corrected chi connectivity index (χ0v) is 25.4. The second-order valence-electron chi connectivity index (χ2n) is 11.8. The smallest absolute Gasteiger partial charge is 0.408 e. The molecule has 2 aromatic carbocycles. The van der Waals surface area contributed by atoms with Gasteiger partial charge in [0.25, 0.3) is 0 Å². The van der Waals surface area contributed by atoms with E-state index in [1.807, 2.05) is 18.2 Å². The van der Waals surface area contributed by atoms with E-state index >= 15 is 0 Å². The number of methoxy groups -OCH3 is 1. The number of esters is 1. The number of fused-ring (bicyclic) bond motifs is 2. The molecule has 8 heteroatoms. The van der Waals surface area contributed by atoms with Gasteiger partial charge in [-0.25, -0.2) is 9.59 Å². The van der Waals surface area contributed by atoms with Gasteiger partial charge in [0.2, 0.25) is 5.91 Å². The van der Waals surface area contributed by atoms with Crippen molar-refractivity contribution >= 4 is 29.7 Å². The highest BCUT2D eigenvalue weighted by atomic mass is 32.2. The van der Waals surface area contributed by atoms with Crippen LogP contribution in [-0.2, 0) is 23.8 Å². The molecule has 220 valence electrons. The van der Waals surface area contributed by atoms with Gasteiger partial charge in [-0.05, 0) is 63.1 Å². The Balaban J connectivity index is 1.69. The highest BCUT2D eigenvalue weighted by molar-refractivity contribution is 8.00. The van der Waals surface area contributed by atoms with Crippen LogP contribution in [0.1, 0.15) is 64.9 Å². The van der Waals surface area contributed by atoms with Crippen LogP contribution in [0.2, 0.25) is 0 Å². The zero-order valence-electron chi connectivity index (χ0n) is 24.6. The lowest BCUT2D eigenvalue weighted by Gasteiger charge is -2.31. The first-order valence-corrected chi connectivity index (χ1v) is 15.4. The first-order valence-electron chi connectivity index (χ1n) is 14.4. The van der Waals surface area contributed by atoms with Gasteiger partial charge in [0.05, 0.1) is 11.9 Å². The van der Waals surface area contributed by atoms with E-state index in [1.165, 1.54) is 7.11 Å². The number of allylic oxidation sites excluding steroid dienone is 1. The second kappa shape index (κ2) is 13.6. The molecule has 1 saturated heterocycles. The van der Waals surface area contributed by atoms with Gasteiger partial charge in [-0.2, -0.15) is 0 Å². The lowest BCUT2D eigenvalue weighted by Crippen LogP contribution is -2.52. The van der Waals surface area contributed by atoms with Crippen LogP contribution in [0.4, 0.5) is 4.79 Å². The van der Waals surface area contributed by atoms with Gasteiger partial charge in [0.1, 0.15) is 17.7 Å². The lowest BCUT2D eigenvalue weighted by molar-refractivity contribution is -0.151. The summed E-state index contributed by atoms with van der Waals surface area (Å²) < 4.78 is 10.2. The Morgan fingerprint density at radius 2 is 1.68 bits per heavy atom. The number of carbonyl (C=O) groups excluding carboxylic acids is 3. The summed E-state index contributed by atoms with van der Waals surface area (Å²) in [4.78, 5) is 41.6. The van der Waals surface area contributed by atoms with Crippen LogP contribution in [-0.4, -0.2) is 60.0 Å². The van der Waals surface area contributed by atoms with Crippen molar-refractivity contribution in [3.8, 4) is 11.1 Å². The number of alkyl carbamates (subject to hydrolysis) is 1. The molecule has 0 spiro atoms. The fourth-order valence-corrected chi connectivity index (χ4v) is 6.89. The Bertz CT molecular complexity index is 1220. The molecule has 1 fully saturated rings. The van der Waals surface area contributed by atoms with E-state index in [2.05, 4.69) is 53.9 Å². The maximum atomic E-state index is 14.1. The predicted octanol–water partition coefficient (Wildman–Crippen LogP) is 6.47. The van der Waals surface area contributed by atoms with Crippen LogP contribution >= 0.6 is 11.8 Å². The quantitative estimate of drug-likeness (QED) is 0.331. The maximum absolute atomic E-state index is 14.1. The number of hydrogen-bond donors (Lipinski definition) is 1. The number of hydrogen-bond acceptors (Lipinski definition) is 6. The van der Waals surface area contributed by atoms with Crippen molar-refractivity contribution in [2.45, 2.75) is 81.7 Å². The Morgan fingerprint density at radius 3 is 2.37 bits per heavy atom. The average molecular weight is 579 g/mol. The van der Waals surface area contributed by atoms with Gasteiger partial charge in [-0.1, -0.05) is 79.6 Å². The van der Waals surface area contributed by atoms with Gasteiger partial charge in [-0.15, -0.1) is 11.8 Å². The van der Waals surface area contributed by atoms with Crippen LogP contribution in [0.5, 0.6) is 0 Å². The van der Waals surface area contributed by atoms with E-state index in [0.717, 1.165) is 48.1 Å². The van der Waals surface area contributed by atoms with Crippen molar-refractivity contribution in [2.24, 2.45) is 0 Å². The molecule has 0 saturated carbocycles. The molecule has 2 aliphatic heterocycles. The summed E-state index contributed by atoms with van der Waals surface area (Å²) in [6.07, 6.45) is 8.37. The molecule has 2 amide bonds. The van der Waals surface area contributed by atoms with E-state index in [9.17, 15) is 14.4 Å². The standard InChI is InChI=1S/C33H42N2O5S/c1-32(2,3)40-31(38)34-27-16-12-7-5-6-8-13-21-41-33(22-28(30(37)39-4)35(23-33)29(27)36)26-19-17-25(18-20-26)24-14-10-9-11-15-24/h8-11,13-15,17-20,27-28H,5-7,12,16,21-23H2,1-4H3,(H,34,38). The molecule has 41 heavy (non-hydrogen) atoms. The van der Waals surface area contributed by atoms with Crippen LogP contribution < -0.4 is 5.32 Å². The van der Waals surface area contributed by atoms with Crippen molar-refractivity contribution in [1.82, 2.24) is 10.2 Å². The molecule has 7 nitrogen and oxygen atoms in total. The third-order valence-electron chi connectivity index (χ3n) is 7.57. The normalized spacial score (nSPS) is 23.9. The molecule has 3 atom stereocenters. The van der Waals surface area contributed by atoms with Gasteiger partial charge < -0.3 is 19.7 Å². The predicted molar refractivity (Wildman–Crippen MR) is 164 cm³/mol. The fraction of sp³-hybridized carbons (Fsp3) is 0.485. The number of nitrogens with one attached hydrogen (secondary N) is 1. The Labute approximate surface area is 248 Å². The third kappa shape index (κ3) is 7.94. The molecule has 0 aromatic heterocycles. The van der Waals surface area contributed by atoms with E-state index in [1.54, 1.807) is 37.4 Å². The van der Waals surface area contributed by atoms with Gasteiger partial charge in [-0.3, -0.25) is 4.79 Å². The summed E-state index contributed by atoms with van der Waals surface area (Å²) in [5.74, 6) is 0.0375. The van der Waals surface area contributed by atoms with E-state index in [0.29, 0.717) is 19.4 Å². The number of benzene rings is 2. The third-order valence-corrected chi connectivity index (χ3v) is 9.02. The molecule has 0 radical (unpaired) electrons. The van der Waals surface area contributed by atoms with Crippen molar-refractivity contribution < 1.29 is 23.9 Å². The molecule has 0 aliphatic carbocycles. The summed E-state index contributed by atoms with van der Waals surface area (Å²) in [5, 5.41) is 2.82. The molecule has 2 aromatic rings. The minimum atomic E-state index is -0.795. The average Bonchev–Trinajstić information content (AvgIpc) is 3.35. The van der Waals surface area contributed by atoms with Crippen LogP contribution in [0, 0.1) is 0 Å². The van der Waals surface area contributed by atoms with Gasteiger partial charge in [0, 0.05) is 12.3 Å². The summed E-state index contributed by atoms with van der Waals surface area (Å²) in [6, 6.07) is 17.1. The van der Waals surface area contributed by atoms with E-state index in [-0.39, 0.29) is 5.91 Å². The Kier molecular flexibility index (Phi) is 10.2. The van der Waals surface area contributed by atoms with Crippen LogP contribution in [0.25, 0.3) is 11.1 Å². The first kappa shape index (κ1) is 30.7. The molecule has 2 aliphatic rings. The highest BCUT2D eigenvalue weighted by Gasteiger charge is 2.51. The number of ether oxygens (including phenoxy) is 2. The summed E-state index contributed by atoms with van der Waals surface area (Å²) in [5.41, 5.74) is 2.60. The van der Waals surface area contributed by atoms with Crippen molar-refractivity contribution in [1.29, 1.82) is 0 Å². The topological polar surface area (TPSA) is 84.9 Å². The number of rotatable bonds is 4. The van der Waals surface area contributed by atoms with E-state index in [4.69, 9.17) is 9.47 Å². The molecule has 3 unspecified atom stereocenters. The molecule has 1 N–H and O–H groups in total. The fourth-order valence-electron chi connectivity index (χ4n) is 5.53. The maximum Gasteiger partial charge on any atom is 0.408 e. The molecule has 4 rings (SSSR count). The molecule has 2 heterocycles. The second-order valence-corrected chi connectivity index (χ2v) is 13.2. The van der Waals surface area contributed by atoms with Crippen molar-refractivity contribution in [3.63, 3.8) is 0 Å². The SMILES string of the molecule is COC(=O)C1CC2(c3ccc(-c4ccccc4)cc3)CN1C(=O)C(NC(=O)OC(C)(C)C)CCCCCC=CCS2. The number of carbonyl (C=O) groups is 3. The van der Waals surface area contributed by atoms with Crippen molar-refractivity contribution in [2.75, 3.05) is 19.4 Å². The summed E-state index contributed by atoms with van der Waals surface area (Å²) >= 11 is 1.75. The molecule has 2 bridgehead atoms. The zero-order chi connectivity index (χ0) is 29.5. The number of thioether (sulfide) groups is 1. The van der Waals surface area contributed by atoms with Crippen LogP contribution in [0.15, 0.2) is 66.7 Å². The van der Waals surface area contributed by atoms with Gasteiger partial charge >= 0.3 is 12.1 Å². The summed E-state index contributed by atoms with van der Waals surface area (Å²) in [7, 11) is 1.36. The number of amides is 2. The Hall–Kier alpha value is -3.26. The minimum absolute atomic E-state index is 0.276. The molecular formula is C33H42N2O5S. The first-order chi connectivity index (χ1) is 19.6.